The summed E-state index contributed by atoms with van der Waals surface area (Å²) in [6.07, 6.45) is 1.69. The average Bonchev–Trinajstić information content (AvgIpc) is 3.39. The Labute approximate surface area is 210 Å². The van der Waals surface area contributed by atoms with E-state index in [1.807, 2.05) is 0 Å². The number of ether oxygens (including phenoxy) is 1. The van der Waals surface area contributed by atoms with Crippen LogP contribution in [0.25, 0.3) is 21.3 Å². The van der Waals surface area contributed by atoms with Crippen LogP contribution in [0.15, 0.2) is 41.2 Å². The second-order valence-electron chi connectivity index (χ2n) is 8.14. The minimum absolute atomic E-state index is 0.0115. The SMILES string of the molecule is Cc1[nH]c(/C=C2/C(=O)Nc3ccc(Cl)cc32)c(C)c1C(=O)OCCn1[se]c2ccc(F)cc2c1=O. The summed E-state index contributed by atoms with van der Waals surface area (Å²) in [5.41, 5.74) is 3.80. The van der Waals surface area contributed by atoms with Gasteiger partial charge in [0.05, 0.1) is 0 Å². The zero-order valence-corrected chi connectivity index (χ0v) is 21.2. The van der Waals surface area contributed by atoms with Crippen LogP contribution in [0.1, 0.15) is 32.9 Å². The van der Waals surface area contributed by atoms with Crippen LogP contribution in [-0.2, 0) is 16.1 Å². The molecular weight excluding hydrogens is 540 g/mol. The number of nitrogens with zero attached hydrogens (tertiary/aromatic N) is 1. The Bertz CT molecular complexity index is 1610. The second kappa shape index (κ2) is 9.00. The Morgan fingerprint density at radius 3 is 2.80 bits per heavy atom. The van der Waals surface area contributed by atoms with E-state index in [4.69, 9.17) is 16.3 Å². The molecule has 178 valence electrons. The van der Waals surface area contributed by atoms with E-state index in [0.717, 1.165) is 4.26 Å². The summed E-state index contributed by atoms with van der Waals surface area (Å²) < 4.78 is 21.3. The molecule has 10 heteroatoms. The number of esters is 1. The van der Waals surface area contributed by atoms with Crippen molar-refractivity contribution in [2.24, 2.45) is 0 Å². The van der Waals surface area contributed by atoms with Gasteiger partial charge in [-0.3, -0.25) is 0 Å². The number of aromatic nitrogens is 2. The number of H-pyrrole nitrogens is 1. The molecule has 0 radical (unpaired) electrons. The van der Waals surface area contributed by atoms with Crippen molar-refractivity contribution in [3.8, 4) is 0 Å². The number of anilines is 1. The number of halogens is 2. The number of benzene rings is 2. The van der Waals surface area contributed by atoms with E-state index in [1.165, 1.54) is 12.1 Å². The van der Waals surface area contributed by atoms with E-state index in [2.05, 4.69) is 10.3 Å². The van der Waals surface area contributed by atoms with Crippen LogP contribution in [0, 0.1) is 19.7 Å². The van der Waals surface area contributed by atoms with Crippen LogP contribution < -0.4 is 10.9 Å². The summed E-state index contributed by atoms with van der Waals surface area (Å²) >= 11 is 5.82. The van der Waals surface area contributed by atoms with Gasteiger partial charge in [-0.1, -0.05) is 11.6 Å². The quantitative estimate of drug-likeness (QED) is 0.219. The molecule has 0 saturated carbocycles. The summed E-state index contributed by atoms with van der Waals surface area (Å²) in [6, 6.07) is 9.36. The van der Waals surface area contributed by atoms with Gasteiger partial charge < -0.3 is 0 Å². The molecule has 1 aliphatic heterocycles. The fourth-order valence-corrected chi connectivity index (χ4v) is 6.34. The predicted octanol–water partition coefficient (Wildman–Crippen LogP) is 4.15. The first-order valence-corrected chi connectivity index (χ1v) is 12.7. The first-order valence-electron chi connectivity index (χ1n) is 10.7. The van der Waals surface area contributed by atoms with E-state index in [-0.39, 0.29) is 39.4 Å². The number of amides is 1. The van der Waals surface area contributed by atoms with Gasteiger partial charge in [0.1, 0.15) is 0 Å². The maximum atomic E-state index is 13.5. The topological polar surface area (TPSA) is 93.2 Å². The van der Waals surface area contributed by atoms with Gasteiger partial charge in [-0.15, -0.1) is 0 Å². The van der Waals surface area contributed by atoms with Crippen LogP contribution in [0.5, 0.6) is 0 Å². The van der Waals surface area contributed by atoms with E-state index >= 15 is 0 Å². The monoisotopic (exact) mass is 559 g/mol. The number of fused-ring (bicyclic) bond motifs is 2. The molecule has 1 aliphatic rings. The predicted molar refractivity (Wildman–Crippen MR) is 134 cm³/mol. The van der Waals surface area contributed by atoms with Crippen molar-refractivity contribution in [1.29, 1.82) is 0 Å². The normalized spacial score (nSPS) is 13.9. The van der Waals surface area contributed by atoms with Gasteiger partial charge >= 0.3 is 182 Å². The van der Waals surface area contributed by atoms with Crippen molar-refractivity contribution >= 4 is 65.2 Å². The molecule has 2 aromatic heterocycles. The van der Waals surface area contributed by atoms with Crippen molar-refractivity contribution in [2.45, 2.75) is 20.4 Å². The average molecular weight is 559 g/mol. The van der Waals surface area contributed by atoms with Crippen LogP contribution in [0.4, 0.5) is 10.1 Å². The molecule has 0 spiro atoms. The van der Waals surface area contributed by atoms with Crippen molar-refractivity contribution in [2.75, 3.05) is 11.9 Å². The summed E-state index contributed by atoms with van der Waals surface area (Å²) in [5.74, 6) is -1.23. The van der Waals surface area contributed by atoms with E-state index in [0.29, 0.717) is 49.7 Å². The molecule has 0 atom stereocenters. The first kappa shape index (κ1) is 23.4. The van der Waals surface area contributed by atoms with Crippen LogP contribution >= 0.6 is 11.6 Å². The van der Waals surface area contributed by atoms with Gasteiger partial charge in [0.25, 0.3) is 0 Å². The Balaban J connectivity index is 1.34. The molecule has 0 saturated heterocycles. The van der Waals surface area contributed by atoms with Crippen molar-refractivity contribution in [3.63, 3.8) is 0 Å². The van der Waals surface area contributed by atoms with Gasteiger partial charge in [0.15, 0.2) is 0 Å². The van der Waals surface area contributed by atoms with Gasteiger partial charge in [-0.2, -0.15) is 0 Å². The molecule has 3 heterocycles. The minimum atomic E-state index is -0.525. The molecule has 0 fully saturated rings. The number of carbonyl (C=O) groups is 2. The molecule has 0 aliphatic carbocycles. The molecule has 5 rings (SSSR count). The van der Waals surface area contributed by atoms with Crippen LogP contribution in [0.3, 0.4) is 0 Å². The first-order chi connectivity index (χ1) is 16.7. The summed E-state index contributed by atoms with van der Waals surface area (Å²) in [4.78, 5) is 41.0. The standard InChI is InChI=1S/C25H19ClFN3O4Se/c1-12-20(11-17-16-9-14(26)3-5-19(16)29-23(17)31)28-13(2)22(12)25(33)34-8-7-30-24(32)18-10-15(27)4-6-21(18)35-30/h3-6,9-11,28H,7-8H2,1-2H3,(H,29,31)/b17-11+. The number of hydrogen-bond donors (Lipinski definition) is 2. The number of aromatic amines is 1. The molecule has 1 amide bonds. The molecule has 7 nitrogen and oxygen atoms in total. The number of carbonyl (C=O) groups excluding carboxylic acids is 2. The molecule has 2 aromatic carbocycles. The van der Waals surface area contributed by atoms with Gasteiger partial charge in [0, 0.05) is 5.02 Å². The zero-order valence-electron chi connectivity index (χ0n) is 18.7. The number of nitrogens with one attached hydrogen (secondary N) is 2. The van der Waals surface area contributed by atoms with Crippen molar-refractivity contribution in [1.82, 2.24) is 8.55 Å². The number of rotatable bonds is 5. The molecule has 0 unspecified atom stereocenters. The third-order valence-electron chi connectivity index (χ3n) is 5.87. The summed E-state index contributed by atoms with van der Waals surface area (Å²) in [7, 11) is 0. The third kappa shape index (κ3) is 4.27. The Morgan fingerprint density at radius 2 is 2.00 bits per heavy atom. The fourth-order valence-electron chi connectivity index (χ4n) is 4.16. The number of aryl methyl sites for hydroxylation is 1. The maximum absolute atomic E-state index is 13.5. The van der Waals surface area contributed by atoms with Gasteiger partial charge in [-0.25, -0.2) is 0 Å². The molecular formula is C25H19ClFN3O4Se. The Kier molecular flexibility index (Phi) is 6.00. The molecule has 0 bridgehead atoms. The van der Waals surface area contributed by atoms with Crippen molar-refractivity contribution < 1.29 is 18.7 Å². The van der Waals surface area contributed by atoms with E-state index in [1.54, 1.807) is 47.8 Å². The van der Waals surface area contributed by atoms with Gasteiger partial charge in [-0.05, 0) is 12.1 Å². The van der Waals surface area contributed by atoms with E-state index < -0.39 is 11.8 Å². The van der Waals surface area contributed by atoms with Gasteiger partial charge in [0.2, 0.25) is 0 Å². The van der Waals surface area contributed by atoms with E-state index in [9.17, 15) is 18.8 Å². The molecule has 4 aromatic rings. The fraction of sp³-hybridized carbons (Fsp3) is 0.160. The van der Waals surface area contributed by atoms with Crippen LogP contribution in [0.2, 0.25) is 5.02 Å². The van der Waals surface area contributed by atoms with Crippen molar-refractivity contribution in [3.05, 3.63) is 85.7 Å². The third-order valence-corrected chi connectivity index (χ3v) is 8.46. The number of hydrogen-bond acceptors (Lipinski definition) is 4. The summed E-state index contributed by atoms with van der Waals surface area (Å²) in [6.45, 7) is 3.76. The molecule has 2 N–H and O–H groups in total. The Morgan fingerprint density at radius 1 is 1.20 bits per heavy atom. The van der Waals surface area contributed by atoms with Crippen LogP contribution in [-0.4, -0.2) is 41.8 Å². The Hall–Kier alpha value is -3.39. The second-order valence-corrected chi connectivity index (χ2v) is 10.8. The zero-order chi connectivity index (χ0) is 24.9. The molecule has 35 heavy (non-hydrogen) atoms. The summed E-state index contributed by atoms with van der Waals surface area (Å²) in [5, 5.41) is 3.68.